The van der Waals surface area contributed by atoms with Gasteiger partial charge in [-0.3, -0.25) is 9.59 Å². The monoisotopic (exact) mass is 367 g/mol. The smallest absolute Gasteiger partial charge is 0.251 e. The number of carbonyl (C=O) groups excluding carboxylic acids is 2. The lowest BCUT2D eigenvalue weighted by Crippen LogP contribution is -2.55. The summed E-state index contributed by atoms with van der Waals surface area (Å²) in [6, 6.07) is 18.4. The number of benzene rings is 2. The first-order chi connectivity index (χ1) is 13.1. The molecule has 2 atom stereocenters. The summed E-state index contributed by atoms with van der Waals surface area (Å²) in [6.07, 6.45) is -0.158. The van der Waals surface area contributed by atoms with Crippen LogP contribution in [-0.4, -0.2) is 50.7 Å². The fourth-order valence-electron chi connectivity index (χ4n) is 3.06. The zero-order valence-electron chi connectivity index (χ0n) is 15.4. The summed E-state index contributed by atoms with van der Waals surface area (Å²) in [4.78, 5) is 27.3. The van der Waals surface area contributed by atoms with E-state index in [4.69, 9.17) is 4.74 Å². The molecule has 0 bridgehead atoms. The molecule has 1 aliphatic rings. The molecule has 142 valence electrons. The lowest BCUT2D eigenvalue weighted by atomic mass is 10.0. The Hall–Kier alpha value is -2.70. The van der Waals surface area contributed by atoms with Crippen LogP contribution in [0.15, 0.2) is 60.7 Å². The number of amides is 2. The predicted octanol–water partition coefficient (Wildman–Crippen LogP) is 1.37. The van der Waals surface area contributed by atoms with Crippen molar-refractivity contribution in [3.8, 4) is 0 Å². The summed E-state index contributed by atoms with van der Waals surface area (Å²) in [6.45, 7) is 1.67. The van der Waals surface area contributed by atoms with Crippen LogP contribution in [0.3, 0.4) is 0 Å². The number of rotatable bonds is 6. The van der Waals surface area contributed by atoms with Gasteiger partial charge in [-0.15, -0.1) is 0 Å². The van der Waals surface area contributed by atoms with Gasteiger partial charge in [0.05, 0.1) is 6.61 Å². The van der Waals surface area contributed by atoms with Crippen molar-refractivity contribution in [2.45, 2.75) is 18.6 Å². The van der Waals surface area contributed by atoms with Gasteiger partial charge in [0.25, 0.3) is 5.91 Å². The Balaban J connectivity index is 1.76. The van der Waals surface area contributed by atoms with Gasteiger partial charge in [0, 0.05) is 32.2 Å². The number of ether oxygens (including phenoxy) is 1. The number of hydrogen-bond acceptors (Lipinski definition) is 4. The molecule has 1 unspecified atom stereocenters. The molecule has 2 amide bonds. The lowest BCUT2D eigenvalue weighted by molar-refractivity contribution is -0.137. The first-order valence-corrected chi connectivity index (χ1v) is 9.14. The highest BCUT2D eigenvalue weighted by Crippen LogP contribution is 2.14. The zero-order valence-corrected chi connectivity index (χ0v) is 15.4. The van der Waals surface area contributed by atoms with Crippen LogP contribution in [0.4, 0.5) is 5.69 Å². The number of likely N-dealkylation sites (N-methyl/N-ethyl adjacent to an activating group) is 1. The van der Waals surface area contributed by atoms with Crippen molar-refractivity contribution in [2.75, 3.05) is 31.6 Å². The highest BCUT2D eigenvalue weighted by Gasteiger charge is 2.29. The van der Waals surface area contributed by atoms with Gasteiger partial charge in [-0.05, 0) is 17.7 Å². The standard InChI is InChI=1S/C21H25N3O3/c1-24(17-10-6-3-7-11-17)21(26)18(14-16-8-4-2-5-9-16)23-20(25)19-15-22-12-13-27-19/h2-11,18-19,22H,12-15H2,1H3,(H,23,25)/t18-,19?/m0/s1. The van der Waals surface area contributed by atoms with Crippen molar-refractivity contribution in [1.82, 2.24) is 10.6 Å². The molecule has 2 aromatic carbocycles. The van der Waals surface area contributed by atoms with Gasteiger partial charge in [0.1, 0.15) is 12.1 Å². The summed E-state index contributed by atoms with van der Waals surface area (Å²) >= 11 is 0. The number of nitrogens with one attached hydrogen (secondary N) is 2. The molecule has 0 radical (unpaired) electrons. The van der Waals surface area contributed by atoms with E-state index in [1.165, 1.54) is 0 Å². The minimum absolute atomic E-state index is 0.165. The maximum atomic E-state index is 13.1. The number of nitrogens with zero attached hydrogens (tertiary/aromatic N) is 1. The van der Waals surface area contributed by atoms with E-state index in [-0.39, 0.29) is 11.8 Å². The van der Waals surface area contributed by atoms with Crippen LogP contribution in [0.5, 0.6) is 0 Å². The Morgan fingerprint density at radius 1 is 1.15 bits per heavy atom. The molecule has 0 aromatic heterocycles. The summed E-state index contributed by atoms with van der Waals surface area (Å²) < 4.78 is 5.52. The molecule has 0 spiro atoms. The number of anilines is 1. The minimum atomic E-state index is -0.671. The van der Waals surface area contributed by atoms with Gasteiger partial charge in [-0.2, -0.15) is 0 Å². The Morgan fingerprint density at radius 3 is 2.44 bits per heavy atom. The first-order valence-electron chi connectivity index (χ1n) is 9.14. The molecular weight excluding hydrogens is 342 g/mol. The van der Waals surface area contributed by atoms with Gasteiger partial charge in [-0.1, -0.05) is 48.5 Å². The van der Waals surface area contributed by atoms with E-state index in [1.54, 1.807) is 11.9 Å². The normalized spacial score (nSPS) is 17.7. The quantitative estimate of drug-likeness (QED) is 0.809. The second-order valence-electron chi connectivity index (χ2n) is 6.55. The van der Waals surface area contributed by atoms with Crippen LogP contribution in [0.1, 0.15) is 5.56 Å². The predicted molar refractivity (Wildman–Crippen MR) is 105 cm³/mol. The fourth-order valence-corrected chi connectivity index (χ4v) is 3.06. The van der Waals surface area contributed by atoms with Crippen LogP contribution >= 0.6 is 0 Å². The van der Waals surface area contributed by atoms with Crippen molar-refractivity contribution in [3.63, 3.8) is 0 Å². The van der Waals surface area contributed by atoms with Crippen molar-refractivity contribution in [2.24, 2.45) is 0 Å². The number of carbonyl (C=O) groups is 2. The highest BCUT2D eigenvalue weighted by molar-refractivity contribution is 5.99. The topological polar surface area (TPSA) is 70.7 Å². The van der Waals surface area contributed by atoms with E-state index >= 15 is 0 Å². The summed E-state index contributed by atoms with van der Waals surface area (Å²) in [7, 11) is 1.72. The summed E-state index contributed by atoms with van der Waals surface area (Å²) in [5, 5.41) is 6.03. The molecule has 1 heterocycles. The van der Waals surface area contributed by atoms with Gasteiger partial charge >= 0.3 is 0 Å². The fraction of sp³-hybridized carbons (Fsp3) is 0.333. The Bertz CT molecular complexity index is 746. The molecule has 1 aliphatic heterocycles. The summed E-state index contributed by atoms with van der Waals surface area (Å²) in [5.74, 6) is -0.430. The van der Waals surface area contributed by atoms with E-state index in [2.05, 4.69) is 10.6 Å². The second kappa shape index (κ2) is 9.30. The largest absolute Gasteiger partial charge is 0.366 e. The molecule has 6 heteroatoms. The molecule has 3 rings (SSSR count). The molecule has 6 nitrogen and oxygen atoms in total. The molecule has 2 aromatic rings. The van der Waals surface area contributed by atoms with Gasteiger partial charge in [0.15, 0.2) is 0 Å². The summed E-state index contributed by atoms with van der Waals surface area (Å²) in [5.41, 5.74) is 1.77. The van der Waals surface area contributed by atoms with Crippen LogP contribution < -0.4 is 15.5 Å². The highest BCUT2D eigenvalue weighted by atomic mass is 16.5. The Morgan fingerprint density at radius 2 is 1.81 bits per heavy atom. The van der Waals surface area contributed by atoms with Crippen LogP contribution in [0.25, 0.3) is 0 Å². The maximum absolute atomic E-state index is 13.1. The average Bonchev–Trinajstić information content (AvgIpc) is 2.74. The van der Waals surface area contributed by atoms with E-state index in [1.807, 2.05) is 60.7 Å². The molecule has 1 saturated heterocycles. The van der Waals surface area contributed by atoms with Crippen molar-refractivity contribution in [3.05, 3.63) is 66.2 Å². The second-order valence-corrected chi connectivity index (χ2v) is 6.55. The third-order valence-electron chi connectivity index (χ3n) is 4.59. The third kappa shape index (κ3) is 5.15. The molecule has 2 N–H and O–H groups in total. The SMILES string of the molecule is CN(C(=O)[C@H](Cc1ccccc1)NC(=O)C1CNCCO1)c1ccccc1. The van der Waals surface area contributed by atoms with E-state index < -0.39 is 12.1 Å². The molecule has 0 aliphatic carbocycles. The van der Waals surface area contributed by atoms with Crippen LogP contribution in [0.2, 0.25) is 0 Å². The first kappa shape index (κ1) is 19.1. The Labute approximate surface area is 159 Å². The van der Waals surface area contributed by atoms with Gasteiger partial charge in [-0.25, -0.2) is 0 Å². The van der Waals surface area contributed by atoms with Crippen molar-refractivity contribution < 1.29 is 14.3 Å². The number of morpholine rings is 1. The van der Waals surface area contributed by atoms with Crippen molar-refractivity contribution >= 4 is 17.5 Å². The minimum Gasteiger partial charge on any atom is -0.366 e. The molecule has 1 fully saturated rings. The van der Waals surface area contributed by atoms with Gasteiger partial charge < -0.3 is 20.3 Å². The average molecular weight is 367 g/mol. The van der Waals surface area contributed by atoms with Gasteiger partial charge in [0.2, 0.25) is 5.91 Å². The van der Waals surface area contributed by atoms with Crippen LogP contribution in [0, 0.1) is 0 Å². The number of hydrogen-bond donors (Lipinski definition) is 2. The van der Waals surface area contributed by atoms with E-state index in [9.17, 15) is 9.59 Å². The maximum Gasteiger partial charge on any atom is 0.251 e. The van der Waals surface area contributed by atoms with E-state index in [0.717, 1.165) is 17.8 Å². The molecule has 0 saturated carbocycles. The zero-order chi connectivity index (χ0) is 19.1. The Kier molecular flexibility index (Phi) is 6.57. The van der Waals surface area contributed by atoms with Crippen LogP contribution in [-0.2, 0) is 20.7 Å². The lowest BCUT2D eigenvalue weighted by Gasteiger charge is -2.28. The molecule has 27 heavy (non-hydrogen) atoms. The van der Waals surface area contributed by atoms with E-state index in [0.29, 0.717) is 19.6 Å². The molecular formula is C21H25N3O3. The number of para-hydroxylation sites is 1. The van der Waals surface area contributed by atoms with Crippen molar-refractivity contribution in [1.29, 1.82) is 0 Å². The third-order valence-corrected chi connectivity index (χ3v) is 4.59.